The van der Waals surface area contributed by atoms with Gasteiger partial charge in [0, 0.05) is 0 Å². The molecular formula is C13H24O3. The van der Waals surface area contributed by atoms with Gasteiger partial charge in [-0.15, -0.1) is 0 Å². The zero-order valence-electron chi connectivity index (χ0n) is 10.4. The van der Waals surface area contributed by atoms with Gasteiger partial charge in [0.15, 0.2) is 0 Å². The Morgan fingerprint density at radius 3 is 2.56 bits per heavy atom. The second-order valence-corrected chi connectivity index (χ2v) is 5.11. The summed E-state index contributed by atoms with van der Waals surface area (Å²) in [5.41, 5.74) is -0.968. The quantitative estimate of drug-likeness (QED) is 0.727. The number of aliphatic carboxylic acids is 1. The summed E-state index contributed by atoms with van der Waals surface area (Å²) in [6, 6.07) is 0. The van der Waals surface area contributed by atoms with Crippen LogP contribution in [0.3, 0.4) is 0 Å². The van der Waals surface area contributed by atoms with Crippen LogP contribution in [-0.2, 0) is 4.79 Å². The predicted molar refractivity (Wildman–Crippen MR) is 63.2 cm³/mol. The first-order chi connectivity index (χ1) is 7.53. The number of hydrogen-bond acceptors (Lipinski definition) is 2. The van der Waals surface area contributed by atoms with E-state index in [0.29, 0.717) is 25.2 Å². The van der Waals surface area contributed by atoms with Crippen LogP contribution in [0, 0.1) is 11.8 Å². The highest BCUT2D eigenvalue weighted by atomic mass is 16.4. The maximum atomic E-state index is 11.1. The first kappa shape index (κ1) is 13.5. The first-order valence-electron chi connectivity index (χ1n) is 6.48. The van der Waals surface area contributed by atoms with E-state index in [1.165, 1.54) is 0 Å². The smallest absolute Gasteiger partial charge is 0.309 e. The molecule has 1 aliphatic carbocycles. The minimum Gasteiger partial charge on any atom is -0.481 e. The molecule has 1 rings (SSSR count). The second-order valence-electron chi connectivity index (χ2n) is 5.11. The molecule has 0 aromatic carbocycles. The van der Waals surface area contributed by atoms with Gasteiger partial charge in [0.2, 0.25) is 0 Å². The van der Waals surface area contributed by atoms with Crippen molar-refractivity contribution in [3.8, 4) is 0 Å². The zero-order valence-corrected chi connectivity index (χ0v) is 10.4. The molecule has 16 heavy (non-hydrogen) atoms. The van der Waals surface area contributed by atoms with Gasteiger partial charge in [-0.1, -0.05) is 33.1 Å². The molecule has 94 valence electrons. The van der Waals surface area contributed by atoms with Gasteiger partial charge in [-0.3, -0.25) is 4.79 Å². The van der Waals surface area contributed by atoms with Crippen molar-refractivity contribution in [3.63, 3.8) is 0 Å². The Kier molecular flexibility index (Phi) is 4.78. The molecule has 0 spiro atoms. The van der Waals surface area contributed by atoms with Crippen molar-refractivity contribution >= 4 is 5.97 Å². The number of aliphatic hydroxyl groups is 1. The van der Waals surface area contributed by atoms with Crippen LogP contribution in [0.4, 0.5) is 0 Å². The lowest BCUT2D eigenvalue weighted by atomic mass is 9.79. The Labute approximate surface area is 97.9 Å². The van der Waals surface area contributed by atoms with Crippen molar-refractivity contribution in [3.05, 3.63) is 0 Å². The number of carboxylic acids is 1. The van der Waals surface area contributed by atoms with Crippen LogP contribution < -0.4 is 0 Å². The average Bonchev–Trinajstić information content (AvgIpc) is 2.41. The fraction of sp³-hybridized carbons (Fsp3) is 0.923. The van der Waals surface area contributed by atoms with E-state index in [9.17, 15) is 9.90 Å². The predicted octanol–water partition coefficient (Wildman–Crippen LogP) is 2.82. The number of carbonyl (C=O) groups is 1. The van der Waals surface area contributed by atoms with Crippen molar-refractivity contribution in [1.82, 2.24) is 0 Å². The molecule has 3 atom stereocenters. The Hall–Kier alpha value is -0.570. The third kappa shape index (κ3) is 2.97. The summed E-state index contributed by atoms with van der Waals surface area (Å²) in [5, 5.41) is 19.7. The van der Waals surface area contributed by atoms with Crippen molar-refractivity contribution in [1.29, 1.82) is 0 Å². The van der Waals surface area contributed by atoms with Crippen molar-refractivity contribution in [2.45, 2.75) is 64.4 Å². The van der Waals surface area contributed by atoms with Crippen LogP contribution in [-0.4, -0.2) is 21.8 Å². The largest absolute Gasteiger partial charge is 0.481 e. The highest BCUT2D eigenvalue weighted by molar-refractivity contribution is 5.71. The molecule has 0 radical (unpaired) electrons. The minimum absolute atomic E-state index is 0.516. The third-order valence-corrected chi connectivity index (χ3v) is 4.14. The summed E-state index contributed by atoms with van der Waals surface area (Å²) in [5.74, 6) is -0.775. The highest BCUT2D eigenvalue weighted by Crippen LogP contribution is 2.37. The van der Waals surface area contributed by atoms with E-state index < -0.39 is 17.5 Å². The molecule has 0 bridgehead atoms. The van der Waals surface area contributed by atoms with Crippen LogP contribution in [0.2, 0.25) is 0 Å². The second kappa shape index (κ2) is 5.67. The fourth-order valence-corrected chi connectivity index (χ4v) is 2.96. The SMILES string of the molecule is CCC1CCCC(O)(C(CC)C(=O)O)CC1. The molecule has 2 N–H and O–H groups in total. The lowest BCUT2D eigenvalue weighted by Crippen LogP contribution is -2.41. The molecule has 0 aromatic heterocycles. The highest BCUT2D eigenvalue weighted by Gasteiger charge is 2.41. The first-order valence-corrected chi connectivity index (χ1v) is 6.48. The summed E-state index contributed by atoms with van der Waals surface area (Å²) in [4.78, 5) is 11.1. The van der Waals surface area contributed by atoms with Crippen LogP contribution in [0.5, 0.6) is 0 Å². The van der Waals surface area contributed by atoms with Gasteiger partial charge in [0.05, 0.1) is 11.5 Å². The molecular weight excluding hydrogens is 204 g/mol. The van der Waals surface area contributed by atoms with E-state index in [2.05, 4.69) is 6.92 Å². The van der Waals surface area contributed by atoms with Gasteiger partial charge in [0.25, 0.3) is 0 Å². The van der Waals surface area contributed by atoms with Gasteiger partial charge < -0.3 is 10.2 Å². The van der Waals surface area contributed by atoms with Crippen LogP contribution in [0.1, 0.15) is 58.8 Å². The average molecular weight is 228 g/mol. The van der Waals surface area contributed by atoms with Crippen molar-refractivity contribution < 1.29 is 15.0 Å². The van der Waals surface area contributed by atoms with Gasteiger partial charge in [-0.2, -0.15) is 0 Å². The molecule has 1 saturated carbocycles. The topological polar surface area (TPSA) is 57.5 Å². The summed E-state index contributed by atoms with van der Waals surface area (Å²) in [6.45, 7) is 4.02. The lowest BCUT2D eigenvalue weighted by Gasteiger charge is -2.32. The summed E-state index contributed by atoms with van der Waals surface area (Å²) < 4.78 is 0. The molecule has 0 heterocycles. The molecule has 1 aliphatic rings. The minimum atomic E-state index is -0.968. The molecule has 0 amide bonds. The molecule has 3 unspecified atom stereocenters. The van der Waals surface area contributed by atoms with E-state index in [4.69, 9.17) is 5.11 Å². The van der Waals surface area contributed by atoms with Gasteiger partial charge in [0.1, 0.15) is 0 Å². The van der Waals surface area contributed by atoms with E-state index in [-0.39, 0.29) is 0 Å². The van der Waals surface area contributed by atoms with E-state index >= 15 is 0 Å². The summed E-state index contributed by atoms with van der Waals surface area (Å²) in [7, 11) is 0. The van der Waals surface area contributed by atoms with Crippen molar-refractivity contribution in [2.75, 3.05) is 0 Å². The Morgan fingerprint density at radius 1 is 1.38 bits per heavy atom. The Bertz CT molecular complexity index is 239. The van der Waals surface area contributed by atoms with Crippen LogP contribution >= 0.6 is 0 Å². The molecule has 3 heteroatoms. The molecule has 0 aliphatic heterocycles. The van der Waals surface area contributed by atoms with E-state index in [1.54, 1.807) is 0 Å². The molecule has 0 aromatic rings. The van der Waals surface area contributed by atoms with E-state index in [0.717, 1.165) is 25.7 Å². The van der Waals surface area contributed by atoms with E-state index in [1.807, 2.05) is 6.92 Å². The zero-order chi connectivity index (χ0) is 12.2. The van der Waals surface area contributed by atoms with Crippen LogP contribution in [0.25, 0.3) is 0 Å². The van der Waals surface area contributed by atoms with Crippen molar-refractivity contribution in [2.24, 2.45) is 11.8 Å². The fourth-order valence-electron chi connectivity index (χ4n) is 2.96. The Balaban J connectivity index is 2.72. The lowest BCUT2D eigenvalue weighted by molar-refractivity contribution is -0.153. The molecule has 3 nitrogen and oxygen atoms in total. The number of rotatable bonds is 4. The van der Waals surface area contributed by atoms with Crippen LogP contribution in [0.15, 0.2) is 0 Å². The summed E-state index contributed by atoms with van der Waals surface area (Å²) in [6.07, 6.45) is 6.01. The number of hydrogen-bond donors (Lipinski definition) is 2. The third-order valence-electron chi connectivity index (χ3n) is 4.14. The van der Waals surface area contributed by atoms with Gasteiger partial charge in [-0.25, -0.2) is 0 Å². The number of carboxylic acid groups (broad SMARTS) is 1. The molecule has 0 saturated heterocycles. The van der Waals surface area contributed by atoms with Gasteiger partial charge >= 0.3 is 5.97 Å². The van der Waals surface area contributed by atoms with Gasteiger partial charge in [-0.05, 0) is 31.6 Å². The Morgan fingerprint density at radius 2 is 2.06 bits per heavy atom. The standard InChI is InChI=1S/C13H24O3/c1-3-10-6-5-8-13(16,9-7-10)11(4-2)12(14)15/h10-11,16H,3-9H2,1-2H3,(H,14,15). The maximum Gasteiger partial charge on any atom is 0.309 e. The normalized spacial score (nSPS) is 33.1. The summed E-state index contributed by atoms with van der Waals surface area (Å²) >= 11 is 0. The monoisotopic (exact) mass is 228 g/mol. The maximum absolute atomic E-state index is 11.1. The molecule has 1 fully saturated rings.